The van der Waals surface area contributed by atoms with Crippen LogP contribution in [0.1, 0.15) is 18.9 Å². The molecule has 0 saturated carbocycles. The zero-order chi connectivity index (χ0) is 13.8. The molecule has 0 radical (unpaired) electrons. The molecule has 1 amide bonds. The summed E-state index contributed by atoms with van der Waals surface area (Å²) in [6.45, 7) is 5.42. The van der Waals surface area contributed by atoms with Gasteiger partial charge in [-0.2, -0.15) is 0 Å². The van der Waals surface area contributed by atoms with Gasteiger partial charge >= 0.3 is 0 Å². The van der Waals surface area contributed by atoms with E-state index in [1.54, 1.807) is 27.1 Å². The molecule has 0 fully saturated rings. The number of hydrogen-bond acceptors (Lipinski definition) is 2. The van der Waals surface area contributed by atoms with E-state index in [9.17, 15) is 9.90 Å². The van der Waals surface area contributed by atoms with E-state index in [0.717, 1.165) is 5.56 Å². The maximum Gasteiger partial charge on any atom is 0.228 e. The smallest absolute Gasteiger partial charge is 0.228 e. The zero-order valence-electron chi connectivity index (χ0n) is 11.3. The Morgan fingerprint density at radius 2 is 2.00 bits per heavy atom. The topological polar surface area (TPSA) is 40.5 Å². The molecule has 0 aliphatic carbocycles. The second-order valence-electron chi connectivity index (χ2n) is 4.74. The maximum atomic E-state index is 12.1. The molecule has 98 valence electrons. The van der Waals surface area contributed by atoms with Gasteiger partial charge in [-0.15, -0.1) is 6.58 Å². The van der Waals surface area contributed by atoms with Gasteiger partial charge in [-0.3, -0.25) is 4.79 Å². The van der Waals surface area contributed by atoms with Crippen molar-refractivity contribution in [2.45, 2.75) is 18.9 Å². The van der Waals surface area contributed by atoms with Crippen molar-refractivity contribution in [2.75, 3.05) is 14.1 Å². The van der Waals surface area contributed by atoms with E-state index in [1.165, 1.54) is 4.90 Å². The lowest BCUT2D eigenvalue weighted by atomic mass is 9.79. The molecule has 1 N–H and O–H groups in total. The van der Waals surface area contributed by atoms with E-state index < -0.39 is 11.5 Å². The average Bonchev–Trinajstić information content (AvgIpc) is 2.38. The van der Waals surface area contributed by atoms with Crippen LogP contribution in [0.5, 0.6) is 0 Å². The van der Waals surface area contributed by atoms with Gasteiger partial charge in [-0.05, 0) is 12.0 Å². The largest absolute Gasteiger partial charge is 0.384 e. The Labute approximate surface area is 109 Å². The fourth-order valence-electron chi connectivity index (χ4n) is 2.08. The van der Waals surface area contributed by atoms with Crippen molar-refractivity contribution < 1.29 is 9.90 Å². The number of hydrogen-bond donors (Lipinski definition) is 1. The number of nitrogens with zero attached hydrogens (tertiary/aromatic N) is 1. The quantitative estimate of drug-likeness (QED) is 0.810. The maximum absolute atomic E-state index is 12.1. The number of rotatable bonds is 5. The van der Waals surface area contributed by atoms with Crippen LogP contribution in [-0.4, -0.2) is 30.0 Å². The molecule has 0 bridgehead atoms. The fourth-order valence-corrected chi connectivity index (χ4v) is 2.08. The molecule has 3 heteroatoms. The highest BCUT2D eigenvalue weighted by atomic mass is 16.3. The second-order valence-corrected chi connectivity index (χ2v) is 4.74. The van der Waals surface area contributed by atoms with Gasteiger partial charge < -0.3 is 10.0 Å². The molecule has 0 aliphatic rings. The van der Waals surface area contributed by atoms with Gasteiger partial charge in [-0.25, -0.2) is 0 Å². The number of carbonyl (C=O) groups is 1. The standard InChI is InChI=1S/C15H21NO2/c1-5-11-15(18,12(2)14(17)16(3)4)13-9-7-6-8-10-13/h5-10,12,18H,1,11H2,2-4H3/t12-,15?/m0/s1. The molecule has 0 aromatic heterocycles. The molecule has 0 aliphatic heterocycles. The first-order valence-corrected chi connectivity index (χ1v) is 6.03. The van der Waals surface area contributed by atoms with E-state index in [0.29, 0.717) is 6.42 Å². The summed E-state index contributed by atoms with van der Waals surface area (Å²) in [4.78, 5) is 13.6. The molecule has 1 aromatic carbocycles. The average molecular weight is 247 g/mol. The molecule has 1 rings (SSSR count). The first-order valence-electron chi connectivity index (χ1n) is 6.03. The highest BCUT2D eigenvalue weighted by molar-refractivity contribution is 5.79. The summed E-state index contributed by atoms with van der Waals surface area (Å²) in [6, 6.07) is 9.27. The molecule has 0 spiro atoms. The Kier molecular flexibility index (Phi) is 4.68. The summed E-state index contributed by atoms with van der Waals surface area (Å²) < 4.78 is 0. The third kappa shape index (κ3) is 2.79. The van der Waals surface area contributed by atoms with Gasteiger partial charge in [0, 0.05) is 14.1 Å². The van der Waals surface area contributed by atoms with Crippen LogP contribution in [0, 0.1) is 5.92 Å². The minimum Gasteiger partial charge on any atom is -0.384 e. The summed E-state index contributed by atoms with van der Waals surface area (Å²) in [5.41, 5.74) is -0.461. The van der Waals surface area contributed by atoms with Crippen LogP contribution in [-0.2, 0) is 10.4 Å². The number of amides is 1. The van der Waals surface area contributed by atoms with Crippen molar-refractivity contribution in [3.63, 3.8) is 0 Å². The molecular weight excluding hydrogens is 226 g/mol. The highest BCUT2D eigenvalue weighted by Crippen LogP contribution is 2.34. The summed E-state index contributed by atoms with van der Waals surface area (Å²) >= 11 is 0. The Bertz CT molecular complexity index is 414. The summed E-state index contributed by atoms with van der Waals surface area (Å²) in [5.74, 6) is -0.615. The monoisotopic (exact) mass is 247 g/mol. The van der Waals surface area contributed by atoms with Crippen LogP contribution < -0.4 is 0 Å². The molecule has 0 saturated heterocycles. The Morgan fingerprint density at radius 1 is 1.44 bits per heavy atom. The van der Waals surface area contributed by atoms with Crippen molar-refractivity contribution >= 4 is 5.91 Å². The van der Waals surface area contributed by atoms with E-state index in [4.69, 9.17) is 0 Å². The van der Waals surface area contributed by atoms with Gasteiger partial charge in [0.15, 0.2) is 0 Å². The van der Waals surface area contributed by atoms with Crippen LogP contribution in [0.4, 0.5) is 0 Å². The van der Waals surface area contributed by atoms with Gasteiger partial charge in [0.1, 0.15) is 5.60 Å². The van der Waals surface area contributed by atoms with Gasteiger partial charge in [-0.1, -0.05) is 43.3 Å². The van der Waals surface area contributed by atoms with Crippen molar-refractivity contribution in [1.82, 2.24) is 4.90 Å². The first kappa shape index (κ1) is 14.5. The highest BCUT2D eigenvalue weighted by Gasteiger charge is 2.39. The molecule has 0 heterocycles. The van der Waals surface area contributed by atoms with Gasteiger partial charge in [0.25, 0.3) is 0 Å². The molecule has 18 heavy (non-hydrogen) atoms. The van der Waals surface area contributed by atoms with Crippen LogP contribution in [0.15, 0.2) is 43.0 Å². The van der Waals surface area contributed by atoms with Gasteiger partial charge in [0.2, 0.25) is 5.91 Å². The van der Waals surface area contributed by atoms with E-state index in [2.05, 4.69) is 6.58 Å². The van der Waals surface area contributed by atoms with E-state index in [-0.39, 0.29) is 5.91 Å². The first-order chi connectivity index (χ1) is 8.43. The van der Waals surface area contributed by atoms with E-state index >= 15 is 0 Å². The summed E-state index contributed by atoms with van der Waals surface area (Å²) in [7, 11) is 3.39. The minimum atomic E-state index is -1.20. The van der Waals surface area contributed by atoms with Crippen LogP contribution in [0.2, 0.25) is 0 Å². The Morgan fingerprint density at radius 3 is 2.44 bits per heavy atom. The van der Waals surface area contributed by atoms with Crippen LogP contribution >= 0.6 is 0 Å². The molecular formula is C15H21NO2. The third-order valence-corrected chi connectivity index (χ3v) is 3.26. The number of aliphatic hydroxyl groups is 1. The van der Waals surface area contributed by atoms with Crippen molar-refractivity contribution in [3.05, 3.63) is 48.6 Å². The molecule has 1 aromatic rings. The lowest BCUT2D eigenvalue weighted by molar-refractivity contribution is -0.142. The van der Waals surface area contributed by atoms with Crippen molar-refractivity contribution in [3.8, 4) is 0 Å². The fraction of sp³-hybridized carbons (Fsp3) is 0.400. The Balaban J connectivity index is 3.15. The predicted molar refractivity (Wildman–Crippen MR) is 73.0 cm³/mol. The van der Waals surface area contributed by atoms with Crippen molar-refractivity contribution in [2.24, 2.45) is 5.92 Å². The van der Waals surface area contributed by atoms with Crippen LogP contribution in [0.25, 0.3) is 0 Å². The molecule has 3 nitrogen and oxygen atoms in total. The minimum absolute atomic E-state index is 0.0943. The lowest BCUT2D eigenvalue weighted by Crippen LogP contribution is -2.42. The van der Waals surface area contributed by atoms with Crippen LogP contribution in [0.3, 0.4) is 0 Å². The van der Waals surface area contributed by atoms with Crippen molar-refractivity contribution in [1.29, 1.82) is 0 Å². The SMILES string of the molecule is C=CCC(O)(c1ccccc1)[C@@H](C)C(=O)N(C)C. The number of carbonyl (C=O) groups excluding carboxylic acids is 1. The molecule has 2 atom stereocenters. The number of benzene rings is 1. The third-order valence-electron chi connectivity index (χ3n) is 3.26. The second kappa shape index (κ2) is 5.83. The van der Waals surface area contributed by atoms with E-state index in [1.807, 2.05) is 30.3 Å². The molecule has 1 unspecified atom stereocenters. The Hall–Kier alpha value is -1.61. The van der Waals surface area contributed by atoms with Gasteiger partial charge in [0.05, 0.1) is 5.92 Å². The lowest BCUT2D eigenvalue weighted by Gasteiger charge is -2.34. The normalized spacial score (nSPS) is 15.6. The zero-order valence-corrected chi connectivity index (χ0v) is 11.3. The summed E-state index contributed by atoms with van der Waals surface area (Å²) in [6.07, 6.45) is 1.99. The summed E-state index contributed by atoms with van der Waals surface area (Å²) in [5, 5.41) is 10.9. The predicted octanol–water partition coefficient (Wildman–Crippen LogP) is 2.17.